The van der Waals surface area contributed by atoms with Crippen molar-refractivity contribution in [3.05, 3.63) is 35.1 Å². The summed E-state index contributed by atoms with van der Waals surface area (Å²) in [4.78, 5) is 6.72. The Labute approximate surface area is 119 Å². The van der Waals surface area contributed by atoms with Gasteiger partial charge in [0.25, 0.3) is 0 Å². The SMILES string of the molecule is CC(C)c1ccc(N2CC[C@@H]2C)c2cnc(Cl)cc12. The first-order valence-electron chi connectivity index (χ1n) is 6.92. The number of benzene rings is 1. The highest BCUT2D eigenvalue weighted by molar-refractivity contribution is 6.30. The molecule has 1 fully saturated rings. The van der Waals surface area contributed by atoms with Crippen LogP contribution in [0.5, 0.6) is 0 Å². The molecule has 19 heavy (non-hydrogen) atoms. The number of nitrogens with zero attached hydrogens (tertiary/aromatic N) is 2. The first kappa shape index (κ1) is 12.7. The molecule has 0 bridgehead atoms. The Balaban J connectivity index is 2.23. The first-order chi connectivity index (χ1) is 9.08. The van der Waals surface area contributed by atoms with E-state index in [0.29, 0.717) is 17.1 Å². The van der Waals surface area contributed by atoms with Gasteiger partial charge in [0.2, 0.25) is 0 Å². The van der Waals surface area contributed by atoms with E-state index in [1.807, 2.05) is 12.3 Å². The Bertz CT molecular complexity index is 621. The summed E-state index contributed by atoms with van der Waals surface area (Å²) < 4.78 is 0. The van der Waals surface area contributed by atoms with Crippen molar-refractivity contribution in [3.8, 4) is 0 Å². The minimum absolute atomic E-state index is 0.490. The smallest absolute Gasteiger partial charge is 0.129 e. The molecule has 0 radical (unpaired) electrons. The molecule has 3 rings (SSSR count). The van der Waals surface area contributed by atoms with Crippen molar-refractivity contribution in [1.82, 2.24) is 4.98 Å². The number of hydrogen-bond donors (Lipinski definition) is 0. The van der Waals surface area contributed by atoms with E-state index in [4.69, 9.17) is 11.6 Å². The molecule has 100 valence electrons. The summed E-state index contributed by atoms with van der Waals surface area (Å²) in [7, 11) is 0. The maximum Gasteiger partial charge on any atom is 0.129 e. The number of pyridine rings is 1. The molecule has 0 spiro atoms. The third-order valence-corrected chi connectivity index (χ3v) is 4.34. The Hall–Kier alpha value is -1.28. The molecule has 1 aliphatic rings. The Morgan fingerprint density at radius 1 is 1.32 bits per heavy atom. The van der Waals surface area contributed by atoms with E-state index in [-0.39, 0.29) is 0 Å². The third kappa shape index (κ3) is 2.08. The fourth-order valence-corrected chi connectivity index (χ4v) is 3.01. The van der Waals surface area contributed by atoms with Gasteiger partial charge in [-0.2, -0.15) is 0 Å². The zero-order valence-corrected chi connectivity index (χ0v) is 12.4. The van der Waals surface area contributed by atoms with Crippen LogP contribution < -0.4 is 4.90 Å². The van der Waals surface area contributed by atoms with Crippen LogP contribution >= 0.6 is 11.6 Å². The maximum absolute atomic E-state index is 6.08. The van der Waals surface area contributed by atoms with Crippen LogP contribution in [0.15, 0.2) is 24.4 Å². The summed E-state index contributed by atoms with van der Waals surface area (Å²) in [6.07, 6.45) is 3.19. The molecule has 1 aromatic heterocycles. The van der Waals surface area contributed by atoms with Gasteiger partial charge in [-0.1, -0.05) is 31.5 Å². The van der Waals surface area contributed by atoms with Crippen molar-refractivity contribution in [1.29, 1.82) is 0 Å². The van der Waals surface area contributed by atoms with Gasteiger partial charge in [0.1, 0.15) is 5.15 Å². The quantitative estimate of drug-likeness (QED) is 0.744. The molecule has 1 aromatic carbocycles. The van der Waals surface area contributed by atoms with Gasteiger partial charge in [0.05, 0.1) is 0 Å². The van der Waals surface area contributed by atoms with E-state index >= 15 is 0 Å². The highest BCUT2D eigenvalue weighted by Gasteiger charge is 2.25. The van der Waals surface area contributed by atoms with Crippen molar-refractivity contribution in [2.24, 2.45) is 0 Å². The molecule has 0 saturated carbocycles. The van der Waals surface area contributed by atoms with E-state index in [9.17, 15) is 0 Å². The van der Waals surface area contributed by atoms with Gasteiger partial charge in [-0.05, 0) is 42.3 Å². The summed E-state index contributed by atoms with van der Waals surface area (Å²) in [5, 5.41) is 3.04. The van der Waals surface area contributed by atoms with Gasteiger partial charge >= 0.3 is 0 Å². The number of halogens is 1. The number of anilines is 1. The molecule has 0 N–H and O–H groups in total. The minimum Gasteiger partial charge on any atom is -0.368 e. The second-order valence-corrected chi connectivity index (χ2v) is 6.10. The van der Waals surface area contributed by atoms with Gasteiger partial charge in [-0.3, -0.25) is 0 Å². The van der Waals surface area contributed by atoms with Gasteiger partial charge in [0.15, 0.2) is 0 Å². The van der Waals surface area contributed by atoms with Crippen LogP contribution in [0.25, 0.3) is 10.8 Å². The molecule has 2 heterocycles. The molecule has 3 heteroatoms. The van der Waals surface area contributed by atoms with Gasteiger partial charge < -0.3 is 4.90 Å². The Morgan fingerprint density at radius 3 is 2.68 bits per heavy atom. The molecule has 0 amide bonds. The second kappa shape index (κ2) is 4.68. The topological polar surface area (TPSA) is 16.1 Å². The maximum atomic E-state index is 6.08. The lowest BCUT2D eigenvalue weighted by molar-refractivity contribution is 0.483. The highest BCUT2D eigenvalue weighted by atomic mass is 35.5. The lowest BCUT2D eigenvalue weighted by Crippen LogP contribution is -2.45. The van der Waals surface area contributed by atoms with E-state index in [1.165, 1.54) is 28.4 Å². The minimum atomic E-state index is 0.490. The predicted octanol–water partition coefficient (Wildman–Crippen LogP) is 4.61. The van der Waals surface area contributed by atoms with E-state index in [0.717, 1.165) is 6.54 Å². The largest absolute Gasteiger partial charge is 0.368 e. The number of fused-ring (bicyclic) bond motifs is 1. The van der Waals surface area contributed by atoms with Crippen molar-refractivity contribution in [3.63, 3.8) is 0 Å². The fourth-order valence-electron chi connectivity index (χ4n) is 2.85. The summed E-state index contributed by atoms with van der Waals surface area (Å²) in [6, 6.07) is 7.11. The molecular weight excluding hydrogens is 256 g/mol. The van der Waals surface area contributed by atoms with Gasteiger partial charge in [0, 0.05) is 29.9 Å². The van der Waals surface area contributed by atoms with E-state index in [1.54, 1.807) is 0 Å². The highest BCUT2D eigenvalue weighted by Crippen LogP contribution is 2.37. The Kier molecular flexibility index (Phi) is 3.14. The van der Waals surface area contributed by atoms with E-state index in [2.05, 4.69) is 42.8 Å². The summed E-state index contributed by atoms with van der Waals surface area (Å²) >= 11 is 6.08. The van der Waals surface area contributed by atoms with Gasteiger partial charge in [-0.25, -0.2) is 4.98 Å². The standard InChI is InChI=1S/C16H19ClN2/c1-10(2)12-4-5-15(19-7-6-11(19)3)14-9-18-16(17)8-13(12)14/h4-5,8-11H,6-7H2,1-3H3/t11-/m0/s1. The van der Waals surface area contributed by atoms with Crippen molar-refractivity contribution >= 4 is 28.1 Å². The zero-order valence-electron chi connectivity index (χ0n) is 11.7. The van der Waals surface area contributed by atoms with E-state index < -0.39 is 0 Å². The van der Waals surface area contributed by atoms with Crippen LogP contribution in [0.2, 0.25) is 5.15 Å². The van der Waals surface area contributed by atoms with Crippen LogP contribution in [-0.4, -0.2) is 17.6 Å². The first-order valence-corrected chi connectivity index (χ1v) is 7.30. The molecule has 1 saturated heterocycles. The van der Waals surface area contributed by atoms with Crippen molar-refractivity contribution in [2.75, 3.05) is 11.4 Å². The van der Waals surface area contributed by atoms with Crippen molar-refractivity contribution in [2.45, 2.75) is 39.2 Å². The van der Waals surface area contributed by atoms with Crippen LogP contribution in [0.3, 0.4) is 0 Å². The average Bonchev–Trinajstić information content (AvgIpc) is 2.36. The third-order valence-electron chi connectivity index (χ3n) is 4.13. The van der Waals surface area contributed by atoms with Crippen LogP contribution in [0, 0.1) is 0 Å². The summed E-state index contributed by atoms with van der Waals surface area (Å²) in [5.41, 5.74) is 2.64. The molecule has 2 aromatic rings. The lowest BCUT2D eigenvalue weighted by atomic mass is 9.94. The summed E-state index contributed by atoms with van der Waals surface area (Å²) in [6.45, 7) is 7.85. The molecule has 0 aliphatic carbocycles. The average molecular weight is 275 g/mol. The molecule has 2 nitrogen and oxygen atoms in total. The second-order valence-electron chi connectivity index (χ2n) is 5.71. The Morgan fingerprint density at radius 2 is 2.11 bits per heavy atom. The number of hydrogen-bond acceptors (Lipinski definition) is 2. The normalized spacial score (nSPS) is 19.0. The predicted molar refractivity (Wildman–Crippen MR) is 82.3 cm³/mol. The monoisotopic (exact) mass is 274 g/mol. The zero-order chi connectivity index (χ0) is 13.6. The summed E-state index contributed by atoms with van der Waals surface area (Å²) in [5.74, 6) is 0.490. The van der Waals surface area contributed by atoms with Crippen LogP contribution in [-0.2, 0) is 0 Å². The molecular formula is C16H19ClN2. The number of rotatable bonds is 2. The van der Waals surface area contributed by atoms with Gasteiger partial charge in [-0.15, -0.1) is 0 Å². The van der Waals surface area contributed by atoms with Crippen molar-refractivity contribution < 1.29 is 0 Å². The van der Waals surface area contributed by atoms with Crippen LogP contribution in [0.1, 0.15) is 38.7 Å². The number of aromatic nitrogens is 1. The lowest BCUT2D eigenvalue weighted by Gasteiger charge is -2.41. The van der Waals surface area contributed by atoms with Crippen LogP contribution in [0.4, 0.5) is 5.69 Å². The molecule has 1 atom stereocenters. The fraction of sp³-hybridized carbons (Fsp3) is 0.438. The molecule has 1 aliphatic heterocycles. The molecule has 0 unspecified atom stereocenters.